The number of piperazine rings is 1. The maximum Gasteiger partial charge on any atom is 0.248 e. The van der Waals surface area contributed by atoms with Gasteiger partial charge in [-0.05, 0) is 13.3 Å². The molecule has 1 saturated heterocycles. The normalized spacial score (nSPS) is 19.4. The van der Waals surface area contributed by atoms with E-state index in [1.54, 1.807) is 6.92 Å². The molecule has 0 aliphatic carbocycles. The lowest BCUT2D eigenvalue weighted by Gasteiger charge is -2.35. The Kier molecular flexibility index (Phi) is 6.47. The van der Waals surface area contributed by atoms with Crippen molar-refractivity contribution in [3.8, 4) is 0 Å². The molecule has 1 fully saturated rings. The van der Waals surface area contributed by atoms with Gasteiger partial charge >= 0.3 is 0 Å². The van der Waals surface area contributed by atoms with Gasteiger partial charge in [0.1, 0.15) is 6.61 Å². The lowest BCUT2D eigenvalue weighted by Crippen LogP contribution is -2.51. The highest BCUT2D eigenvalue weighted by atomic mass is 16.5. The molecule has 1 atom stereocenters. The highest BCUT2D eigenvalue weighted by molar-refractivity contribution is 5.77. The molecule has 5 nitrogen and oxygen atoms in total. The van der Waals surface area contributed by atoms with Crippen molar-refractivity contribution in [2.45, 2.75) is 26.4 Å². The van der Waals surface area contributed by atoms with Gasteiger partial charge in [0, 0.05) is 39.3 Å². The second-order valence-electron chi connectivity index (χ2n) is 4.58. The molecule has 17 heavy (non-hydrogen) atoms. The van der Waals surface area contributed by atoms with Crippen LogP contribution in [-0.2, 0) is 9.53 Å². The van der Waals surface area contributed by atoms with Gasteiger partial charge < -0.3 is 14.7 Å². The summed E-state index contributed by atoms with van der Waals surface area (Å²) in [6, 6.07) is 0. The van der Waals surface area contributed by atoms with E-state index >= 15 is 0 Å². The topological polar surface area (TPSA) is 53.0 Å². The van der Waals surface area contributed by atoms with Crippen LogP contribution in [0.3, 0.4) is 0 Å². The van der Waals surface area contributed by atoms with Gasteiger partial charge in [-0.25, -0.2) is 0 Å². The standard InChI is InChI=1S/C12H24N2O3/c1-3-8-17-10-12(16)14-6-4-13(5-7-14)9-11(2)15/h11,15H,3-10H2,1-2H3/t11-/m0/s1. The molecule has 0 saturated carbocycles. The van der Waals surface area contributed by atoms with Crippen LogP contribution in [0.15, 0.2) is 0 Å². The van der Waals surface area contributed by atoms with Gasteiger partial charge in [-0.2, -0.15) is 0 Å². The zero-order chi connectivity index (χ0) is 12.7. The summed E-state index contributed by atoms with van der Waals surface area (Å²) in [5, 5.41) is 9.28. The SMILES string of the molecule is CCCOCC(=O)N1CCN(C[C@H](C)O)CC1. The third kappa shape index (κ3) is 5.48. The molecule has 1 aliphatic heterocycles. The van der Waals surface area contributed by atoms with Crippen LogP contribution in [0, 0.1) is 0 Å². The molecule has 1 amide bonds. The van der Waals surface area contributed by atoms with Crippen molar-refractivity contribution in [2.24, 2.45) is 0 Å². The van der Waals surface area contributed by atoms with Crippen LogP contribution < -0.4 is 0 Å². The zero-order valence-electron chi connectivity index (χ0n) is 10.9. The van der Waals surface area contributed by atoms with Crippen molar-refractivity contribution in [1.82, 2.24) is 9.80 Å². The Morgan fingerprint density at radius 1 is 1.35 bits per heavy atom. The van der Waals surface area contributed by atoms with Crippen molar-refractivity contribution < 1.29 is 14.6 Å². The van der Waals surface area contributed by atoms with E-state index in [1.807, 2.05) is 11.8 Å². The molecule has 100 valence electrons. The molecule has 0 aromatic carbocycles. The number of hydrogen-bond acceptors (Lipinski definition) is 4. The largest absolute Gasteiger partial charge is 0.392 e. The summed E-state index contributed by atoms with van der Waals surface area (Å²) in [5.41, 5.74) is 0. The summed E-state index contributed by atoms with van der Waals surface area (Å²) >= 11 is 0. The number of carbonyl (C=O) groups is 1. The van der Waals surface area contributed by atoms with E-state index in [0.29, 0.717) is 13.2 Å². The van der Waals surface area contributed by atoms with Gasteiger partial charge in [-0.15, -0.1) is 0 Å². The number of rotatable bonds is 6. The molecular formula is C12H24N2O3. The van der Waals surface area contributed by atoms with Gasteiger partial charge in [0.05, 0.1) is 6.10 Å². The van der Waals surface area contributed by atoms with Gasteiger partial charge in [0.2, 0.25) is 5.91 Å². The quantitative estimate of drug-likeness (QED) is 0.665. The monoisotopic (exact) mass is 244 g/mol. The minimum absolute atomic E-state index is 0.0788. The molecule has 0 unspecified atom stereocenters. The molecule has 1 rings (SSSR count). The Hall–Kier alpha value is -0.650. The van der Waals surface area contributed by atoms with Crippen LogP contribution >= 0.6 is 0 Å². The Bertz CT molecular complexity index is 226. The second-order valence-corrected chi connectivity index (χ2v) is 4.58. The van der Waals surface area contributed by atoms with Crippen LogP contribution in [0.4, 0.5) is 0 Å². The first-order chi connectivity index (χ1) is 8.13. The van der Waals surface area contributed by atoms with Crippen molar-refractivity contribution in [2.75, 3.05) is 45.9 Å². The van der Waals surface area contributed by atoms with Crippen LogP contribution in [0.25, 0.3) is 0 Å². The van der Waals surface area contributed by atoms with Gasteiger partial charge in [0.15, 0.2) is 0 Å². The first-order valence-electron chi connectivity index (χ1n) is 6.39. The number of amides is 1. The molecule has 0 aromatic rings. The fraction of sp³-hybridized carbons (Fsp3) is 0.917. The van der Waals surface area contributed by atoms with Gasteiger partial charge in [-0.3, -0.25) is 9.69 Å². The number of β-amino-alcohol motifs (C(OH)–C–C–N with tert-alkyl or cyclic N) is 1. The molecule has 0 spiro atoms. The van der Waals surface area contributed by atoms with Crippen LogP contribution in [0.2, 0.25) is 0 Å². The summed E-state index contributed by atoms with van der Waals surface area (Å²) in [4.78, 5) is 15.8. The summed E-state index contributed by atoms with van der Waals surface area (Å²) in [6.07, 6.45) is 0.639. The van der Waals surface area contributed by atoms with Crippen molar-refractivity contribution in [3.63, 3.8) is 0 Å². The predicted molar refractivity (Wildman–Crippen MR) is 65.8 cm³/mol. The third-order valence-corrected chi connectivity index (χ3v) is 2.82. The Labute approximate surface area is 103 Å². The van der Waals surface area contributed by atoms with Crippen LogP contribution in [-0.4, -0.2) is 72.9 Å². The lowest BCUT2D eigenvalue weighted by atomic mass is 10.2. The predicted octanol–water partition coefficient (Wildman–Crippen LogP) is -0.0620. The van der Waals surface area contributed by atoms with E-state index < -0.39 is 0 Å². The Morgan fingerprint density at radius 2 is 2.00 bits per heavy atom. The maximum atomic E-state index is 11.7. The Morgan fingerprint density at radius 3 is 2.53 bits per heavy atom. The van der Waals surface area contributed by atoms with Gasteiger partial charge in [0.25, 0.3) is 0 Å². The number of ether oxygens (including phenoxy) is 1. The van der Waals surface area contributed by atoms with E-state index in [2.05, 4.69) is 4.90 Å². The molecule has 1 aliphatic rings. The Balaban J connectivity index is 2.19. The fourth-order valence-corrected chi connectivity index (χ4v) is 1.95. The lowest BCUT2D eigenvalue weighted by molar-refractivity contribution is -0.138. The summed E-state index contributed by atoms with van der Waals surface area (Å²) in [5.74, 6) is 0.0788. The average Bonchev–Trinajstić information content (AvgIpc) is 2.29. The maximum absolute atomic E-state index is 11.7. The van der Waals surface area contributed by atoms with E-state index in [0.717, 1.165) is 32.6 Å². The molecule has 1 heterocycles. The number of aliphatic hydroxyl groups is 1. The highest BCUT2D eigenvalue weighted by Crippen LogP contribution is 2.03. The number of aliphatic hydroxyl groups excluding tert-OH is 1. The molecule has 0 radical (unpaired) electrons. The summed E-state index contributed by atoms with van der Waals surface area (Å²) < 4.78 is 5.24. The van der Waals surface area contributed by atoms with Crippen molar-refractivity contribution >= 4 is 5.91 Å². The molecule has 0 bridgehead atoms. The van der Waals surface area contributed by atoms with Crippen LogP contribution in [0.5, 0.6) is 0 Å². The number of carbonyl (C=O) groups excluding carboxylic acids is 1. The second kappa shape index (κ2) is 7.63. The summed E-state index contributed by atoms with van der Waals surface area (Å²) in [6.45, 7) is 8.50. The van der Waals surface area contributed by atoms with E-state index in [4.69, 9.17) is 4.74 Å². The highest BCUT2D eigenvalue weighted by Gasteiger charge is 2.21. The third-order valence-electron chi connectivity index (χ3n) is 2.82. The smallest absolute Gasteiger partial charge is 0.248 e. The molecule has 5 heteroatoms. The zero-order valence-corrected chi connectivity index (χ0v) is 10.9. The summed E-state index contributed by atoms with van der Waals surface area (Å²) in [7, 11) is 0. The number of hydrogen-bond donors (Lipinski definition) is 1. The average molecular weight is 244 g/mol. The van der Waals surface area contributed by atoms with E-state index in [1.165, 1.54) is 0 Å². The number of nitrogens with zero attached hydrogens (tertiary/aromatic N) is 2. The molecule has 0 aromatic heterocycles. The van der Waals surface area contributed by atoms with Crippen LogP contribution in [0.1, 0.15) is 20.3 Å². The van der Waals surface area contributed by atoms with Gasteiger partial charge in [-0.1, -0.05) is 6.92 Å². The minimum Gasteiger partial charge on any atom is -0.392 e. The van der Waals surface area contributed by atoms with E-state index in [9.17, 15) is 9.90 Å². The van der Waals surface area contributed by atoms with E-state index in [-0.39, 0.29) is 18.6 Å². The first-order valence-corrected chi connectivity index (χ1v) is 6.39. The minimum atomic E-state index is -0.301. The van der Waals surface area contributed by atoms with Crippen molar-refractivity contribution in [3.05, 3.63) is 0 Å². The first kappa shape index (κ1) is 14.4. The van der Waals surface area contributed by atoms with Crippen molar-refractivity contribution in [1.29, 1.82) is 0 Å². The molecule has 1 N–H and O–H groups in total. The fourth-order valence-electron chi connectivity index (χ4n) is 1.95. The molecular weight excluding hydrogens is 220 g/mol.